The second kappa shape index (κ2) is 4.00. The summed E-state index contributed by atoms with van der Waals surface area (Å²) in [6, 6.07) is 2.51. The van der Waals surface area contributed by atoms with E-state index in [0.717, 1.165) is 5.00 Å². The van der Waals surface area contributed by atoms with E-state index < -0.39 is 0 Å². The normalized spacial score (nSPS) is 25.1. The predicted octanol–water partition coefficient (Wildman–Crippen LogP) is 3.11. The Morgan fingerprint density at radius 2 is 2.40 bits per heavy atom. The van der Waals surface area contributed by atoms with E-state index in [1.54, 1.807) is 0 Å². The van der Waals surface area contributed by atoms with Crippen molar-refractivity contribution in [3.8, 4) is 0 Å². The van der Waals surface area contributed by atoms with E-state index in [0.29, 0.717) is 17.3 Å². The van der Waals surface area contributed by atoms with E-state index >= 15 is 0 Å². The van der Waals surface area contributed by atoms with Crippen molar-refractivity contribution in [2.24, 2.45) is 5.41 Å². The van der Waals surface area contributed by atoms with Gasteiger partial charge >= 0.3 is 0 Å². The number of hydrogen-bond donors (Lipinski definition) is 2. The number of nitrogens with one attached hydrogen (secondary N) is 1. The second-order valence-electron chi connectivity index (χ2n) is 5.22. The third-order valence-electron chi connectivity index (χ3n) is 3.08. The quantitative estimate of drug-likeness (QED) is 0.813. The Labute approximate surface area is 95.2 Å². The molecule has 1 atom stereocenters. The van der Waals surface area contributed by atoms with E-state index in [1.165, 1.54) is 37.2 Å². The molecule has 1 aromatic heterocycles. The summed E-state index contributed by atoms with van der Waals surface area (Å²) >= 11 is 1.46. The Hall–Kier alpha value is -0.770. The number of nitrogens with zero attached hydrogens (tertiary/aromatic N) is 1. The van der Waals surface area contributed by atoms with Crippen molar-refractivity contribution in [3.05, 3.63) is 6.07 Å². The molecule has 3 N–H and O–H groups in total. The van der Waals surface area contributed by atoms with Crippen molar-refractivity contribution in [2.45, 2.75) is 45.6 Å². The molecule has 1 fully saturated rings. The maximum Gasteiger partial charge on any atom is 0.139 e. The van der Waals surface area contributed by atoms with Gasteiger partial charge in [-0.15, -0.1) is 0 Å². The number of nitrogens with two attached hydrogens (primary N) is 1. The Kier molecular flexibility index (Phi) is 2.87. The first-order valence-electron chi connectivity index (χ1n) is 5.54. The first kappa shape index (κ1) is 10.7. The number of nitrogen functional groups attached to an aromatic ring is 1. The first-order valence-corrected chi connectivity index (χ1v) is 6.31. The lowest BCUT2D eigenvalue weighted by Crippen LogP contribution is -2.31. The molecule has 2 rings (SSSR count). The minimum Gasteiger partial charge on any atom is -0.383 e. The van der Waals surface area contributed by atoms with Gasteiger partial charge < -0.3 is 11.1 Å². The zero-order valence-electron chi connectivity index (χ0n) is 9.42. The lowest BCUT2D eigenvalue weighted by Gasteiger charge is -2.35. The summed E-state index contributed by atoms with van der Waals surface area (Å²) in [5.74, 6) is 0.623. The van der Waals surface area contributed by atoms with Gasteiger partial charge in [-0.05, 0) is 36.2 Å². The van der Waals surface area contributed by atoms with Crippen LogP contribution < -0.4 is 11.1 Å². The van der Waals surface area contributed by atoms with Gasteiger partial charge in [0.2, 0.25) is 0 Å². The number of hydrogen-bond acceptors (Lipinski definition) is 4. The third kappa shape index (κ3) is 2.84. The van der Waals surface area contributed by atoms with Gasteiger partial charge in [0.05, 0.1) is 0 Å². The van der Waals surface area contributed by atoms with Crippen LogP contribution in [-0.2, 0) is 0 Å². The van der Waals surface area contributed by atoms with E-state index in [2.05, 4.69) is 23.5 Å². The van der Waals surface area contributed by atoms with Crippen molar-refractivity contribution < 1.29 is 0 Å². The van der Waals surface area contributed by atoms with E-state index in [-0.39, 0.29) is 0 Å². The fourth-order valence-corrected chi connectivity index (χ4v) is 3.03. The molecule has 1 saturated carbocycles. The standard InChI is InChI=1S/C11H19N3S/c1-11(2)5-3-4-8(7-11)13-10-6-9(12)14-15-10/h6,8,13H,3-5,7H2,1-2H3,(H2,12,14). The van der Waals surface area contributed by atoms with Crippen LogP contribution in [0.5, 0.6) is 0 Å². The Morgan fingerprint density at radius 1 is 1.60 bits per heavy atom. The Balaban J connectivity index is 1.95. The summed E-state index contributed by atoms with van der Waals surface area (Å²) < 4.78 is 4.08. The van der Waals surface area contributed by atoms with Crippen molar-refractivity contribution in [3.63, 3.8) is 0 Å². The molecule has 0 aromatic carbocycles. The molecule has 15 heavy (non-hydrogen) atoms. The molecule has 1 heterocycles. The molecular formula is C11H19N3S. The molecule has 1 aliphatic rings. The van der Waals surface area contributed by atoms with Gasteiger partial charge in [-0.25, -0.2) is 0 Å². The summed E-state index contributed by atoms with van der Waals surface area (Å²) in [6.45, 7) is 4.70. The van der Waals surface area contributed by atoms with Gasteiger partial charge in [0.1, 0.15) is 10.8 Å². The molecule has 0 aliphatic heterocycles. The molecule has 0 bridgehead atoms. The Morgan fingerprint density at radius 3 is 3.00 bits per heavy atom. The highest BCUT2D eigenvalue weighted by atomic mass is 32.1. The highest BCUT2D eigenvalue weighted by Gasteiger charge is 2.27. The minimum atomic E-state index is 0.478. The molecule has 0 amide bonds. The van der Waals surface area contributed by atoms with Crippen LogP contribution in [-0.4, -0.2) is 10.4 Å². The van der Waals surface area contributed by atoms with Crippen LogP contribution >= 0.6 is 11.5 Å². The molecule has 1 unspecified atom stereocenters. The molecule has 0 saturated heterocycles. The van der Waals surface area contributed by atoms with Gasteiger partial charge in [0, 0.05) is 12.1 Å². The van der Waals surface area contributed by atoms with Gasteiger partial charge in [0.25, 0.3) is 0 Å². The lowest BCUT2D eigenvalue weighted by atomic mass is 9.75. The molecule has 0 spiro atoms. The maximum atomic E-state index is 5.60. The largest absolute Gasteiger partial charge is 0.383 e. The minimum absolute atomic E-state index is 0.478. The highest BCUT2D eigenvalue weighted by molar-refractivity contribution is 7.10. The molecule has 3 nitrogen and oxygen atoms in total. The SMILES string of the molecule is CC1(C)CCCC(Nc2cc(N)ns2)C1. The zero-order chi connectivity index (χ0) is 10.9. The number of rotatable bonds is 2. The molecular weight excluding hydrogens is 206 g/mol. The summed E-state index contributed by atoms with van der Waals surface area (Å²) in [7, 11) is 0. The van der Waals surface area contributed by atoms with Gasteiger partial charge in [-0.2, -0.15) is 4.37 Å². The average Bonchev–Trinajstić information content (AvgIpc) is 2.49. The van der Waals surface area contributed by atoms with Crippen molar-refractivity contribution in [1.82, 2.24) is 4.37 Å². The van der Waals surface area contributed by atoms with E-state index in [1.807, 2.05) is 6.07 Å². The van der Waals surface area contributed by atoms with E-state index in [9.17, 15) is 0 Å². The van der Waals surface area contributed by atoms with Crippen LogP contribution in [0.1, 0.15) is 39.5 Å². The van der Waals surface area contributed by atoms with Crippen LogP contribution in [0, 0.1) is 5.41 Å². The number of anilines is 2. The smallest absolute Gasteiger partial charge is 0.139 e. The average molecular weight is 225 g/mol. The first-order chi connectivity index (χ1) is 7.05. The molecule has 4 heteroatoms. The van der Waals surface area contributed by atoms with Gasteiger partial charge in [-0.3, -0.25) is 0 Å². The fourth-order valence-electron chi connectivity index (χ4n) is 2.38. The lowest BCUT2D eigenvalue weighted by molar-refractivity contribution is 0.229. The second-order valence-corrected chi connectivity index (χ2v) is 6.02. The maximum absolute atomic E-state index is 5.60. The summed E-state index contributed by atoms with van der Waals surface area (Å²) in [6.07, 6.45) is 5.17. The topological polar surface area (TPSA) is 50.9 Å². The van der Waals surface area contributed by atoms with Gasteiger partial charge in [0.15, 0.2) is 0 Å². The van der Waals surface area contributed by atoms with Crippen LogP contribution in [0.25, 0.3) is 0 Å². The molecule has 1 aromatic rings. The number of aromatic nitrogens is 1. The van der Waals surface area contributed by atoms with Crippen molar-refractivity contribution in [2.75, 3.05) is 11.1 Å². The van der Waals surface area contributed by atoms with Crippen LogP contribution in [0.3, 0.4) is 0 Å². The highest BCUT2D eigenvalue weighted by Crippen LogP contribution is 2.36. The third-order valence-corrected chi connectivity index (χ3v) is 3.81. The zero-order valence-corrected chi connectivity index (χ0v) is 10.2. The summed E-state index contributed by atoms with van der Waals surface area (Å²) in [5, 5.41) is 4.64. The summed E-state index contributed by atoms with van der Waals surface area (Å²) in [4.78, 5) is 0. The predicted molar refractivity (Wildman–Crippen MR) is 66.2 cm³/mol. The van der Waals surface area contributed by atoms with Crippen molar-refractivity contribution in [1.29, 1.82) is 0 Å². The molecule has 84 valence electrons. The monoisotopic (exact) mass is 225 g/mol. The molecule has 1 aliphatic carbocycles. The Bertz CT molecular complexity index is 332. The van der Waals surface area contributed by atoms with Crippen molar-refractivity contribution >= 4 is 22.4 Å². The molecule has 0 radical (unpaired) electrons. The van der Waals surface area contributed by atoms with Crippen LogP contribution in [0.2, 0.25) is 0 Å². The van der Waals surface area contributed by atoms with Gasteiger partial charge in [-0.1, -0.05) is 20.3 Å². The van der Waals surface area contributed by atoms with Crippen LogP contribution in [0.15, 0.2) is 6.07 Å². The van der Waals surface area contributed by atoms with E-state index in [4.69, 9.17) is 5.73 Å². The fraction of sp³-hybridized carbons (Fsp3) is 0.727. The van der Waals surface area contributed by atoms with Crippen LogP contribution in [0.4, 0.5) is 10.8 Å². The summed E-state index contributed by atoms with van der Waals surface area (Å²) in [5.41, 5.74) is 6.07.